The fourth-order valence-electron chi connectivity index (χ4n) is 2.59. The number of anilines is 2. The summed E-state index contributed by atoms with van der Waals surface area (Å²) < 4.78 is 28.6. The molecule has 0 atom stereocenters. The van der Waals surface area contributed by atoms with Gasteiger partial charge in [0.15, 0.2) is 0 Å². The van der Waals surface area contributed by atoms with Crippen molar-refractivity contribution in [3.8, 4) is 0 Å². The van der Waals surface area contributed by atoms with Crippen LogP contribution in [0.3, 0.4) is 0 Å². The summed E-state index contributed by atoms with van der Waals surface area (Å²) in [5, 5.41) is 2.79. The maximum atomic E-state index is 12.5. The normalized spacial score (nSPS) is 11.1. The van der Waals surface area contributed by atoms with Gasteiger partial charge in [-0.3, -0.25) is 9.52 Å². The van der Waals surface area contributed by atoms with Gasteiger partial charge in [-0.05, 0) is 61.0 Å². The van der Waals surface area contributed by atoms with E-state index in [9.17, 15) is 13.2 Å². The SMILES string of the molecule is Cc1ccc(NS(=O)(=O)c2ccc(NC(=O)CSCc3ccc(Br)cc3)cc2)cc1. The van der Waals surface area contributed by atoms with Crippen LogP contribution in [0.15, 0.2) is 82.2 Å². The molecule has 0 radical (unpaired) electrons. The molecule has 3 rings (SSSR count). The number of hydrogen-bond donors (Lipinski definition) is 2. The van der Waals surface area contributed by atoms with Crippen molar-refractivity contribution in [2.45, 2.75) is 17.6 Å². The molecule has 3 aromatic rings. The van der Waals surface area contributed by atoms with Crippen molar-refractivity contribution in [2.75, 3.05) is 15.8 Å². The molecule has 0 unspecified atom stereocenters. The van der Waals surface area contributed by atoms with Crippen LogP contribution in [0, 0.1) is 6.92 Å². The number of thioether (sulfide) groups is 1. The Morgan fingerprint density at radius 1 is 0.900 bits per heavy atom. The fourth-order valence-corrected chi connectivity index (χ4v) is 4.70. The number of carbonyl (C=O) groups is 1. The molecule has 0 spiro atoms. The molecule has 0 saturated heterocycles. The molecule has 0 bridgehead atoms. The Morgan fingerprint density at radius 2 is 1.50 bits per heavy atom. The van der Waals surface area contributed by atoms with E-state index in [1.165, 1.54) is 23.9 Å². The summed E-state index contributed by atoms with van der Waals surface area (Å²) in [7, 11) is -3.69. The Labute approximate surface area is 189 Å². The van der Waals surface area contributed by atoms with Gasteiger partial charge in [-0.1, -0.05) is 45.8 Å². The zero-order chi connectivity index (χ0) is 21.6. The van der Waals surface area contributed by atoms with Crippen LogP contribution in [0.25, 0.3) is 0 Å². The van der Waals surface area contributed by atoms with Crippen LogP contribution in [0.2, 0.25) is 0 Å². The molecule has 156 valence electrons. The molecule has 3 aromatic carbocycles. The average Bonchev–Trinajstić information content (AvgIpc) is 2.71. The van der Waals surface area contributed by atoms with E-state index in [2.05, 4.69) is 26.0 Å². The highest BCUT2D eigenvalue weighted by molar-refractivity contribution is 9.10. The van der Waals surface area contributed by atoms with Crippen LogP contribution in [0.1, 0.15) is 11.1 Å². The minimum atomic E-state index is -3.69. The second-order valence-electron chi connectivity index (χ2n) is 6.66. The lowest BCUT2D eigenvalue weighted by Crippen LogP contribution is -2.15. The lowest BCUT2D eigenvalue weighted by molar-refractivity contribution is -0.113. The molecule has 0 aliphatic heterocycles. The number of benzene rings is 3. The van der Waals surface area contributed by atoms with E-state index in [0.717, 1.165) is 21.4 Å². The van der Waals surface area contributed by atoms with E-state index >= 15 is 0 Å². The van der Waals surface area contributed by atoms with E-state index in [-0.39, 0.29) is 10.8 Å². The van der Waals surface area contributed by atoms with E-state index in [4.69, 9.17) is 0 Å². The minimum Gasteiger partial charge on any atom is -0.325 e. The molecule has 0 saturated carbocycles. The van der Waals surface area contributed by atoms with Crippen LogP contribution in [-0.4, -0.2) is 20.1 Å². The Kier molecular flexibility index (Phi) is 7.58. The largest absolute Gasteiger partial charge is 0.325 e. The van der Waals surface area contributed by atoms with Crippen LogP contribution in [0.5, 0.6) is 0 Å². The predicted octanol–water partition coefficient (Wildman–Crippen LogP) is 5.43. The van der Waals surface area contributed by atoms with Gasteiger partial charge in [-0.2, -0.15) is 0 Å². The first-order valence-corrected chi connectivity index (χ1v) is 12.6. The Balaban J connectivity index is 1.52. The highest BCUT2D eigenvalue weighted by atomic mass is 79.9. The Bertz CT molecular complexity index is 1100. The van der Waals surface area contributed by atoms with Crippen molar-refractivity contribution in [2.24, 2.45) is 0 Å². The predicted molar refractivity (Wildman–Crippen MR) is 127 cm³/mol. The molecule has 0 aromatic heterocycles. The van der Waals surface area contributed by atoms with Crippen molar-refractivity contribution in [1.29, 1.82) is 0 Å². The van der Waals surface area contributed by atoms with Crippen LogP contribution >= 0.6 is 27.7 Å². The van der Waals surface area contributed by atoms with Crippen molar-refractivity contribution >= 4 is 55.0 Å². The van der Waals surface area contributed by atoms with Crippen molar-refractivity contribution in [3.05, 3.63) is 88.4 Å². The summed E-state index contributed by atoms with van der Waals surface area (Å²) in [5.74, 6) is 0.915. The summed E-state index contributed by atoms with van der Waals surface area (Å²) in [4.78, 5) is 12.3. The highest BCUT2D eigenvalue weighted by Gasteiger charge is 2.14. The first-order valence-electron chi connectivity index (χ1n) is 9.13. The number of nitrogens with one attached hydrogen (secondary N) is 2. The molecular weight excluding hydrogens is 484 g/mol. The third-order valence-corrected chi connectivity index (χ3v) is 7.10. The summed E-state index contributed by atoms with van der Waals surface area (Å²) in [6.07, 6.45) is 0. The number of carbonyl (C=O) groups excluding carboxylic acids is 1. The maximum absolute atomic E-state index is 12.5. The maximum Gasteiger partial charge on any atom is 0.261 e. The quantitative estimate of drug-likeness (QED) is 0.428. The van der Waals surface area contributed by atoms with Gasteiger partial charge in [-0.25, -0.2) is 8.42 Å². The lowest BCUT2D eigenvalue weighted by Gasteiger charge is -2.10. The van der Waals surface area contributed by atoms with Gasteiger partial charge in [0.2, 0.25) is 5.91 Å². The molecule has 0 fully saturated rings. The molecule has 2 N–H and O–H groups in total. The molecule has 0 aliphatic carbocycles. The van der Waals surface area contributed by atoms with E-state index < -0.39 is 10.0 Å². The van der Waals surface area contributed by atoms with Gasteiger partial charge in [0.05, 0.1) is 10.6 Å². The highest BCUT2D eigenvalue weighted by Crippen LogP contribution is 2.20. The first-order chi connectivity index (χ1) is 14.3. The van der Waals surface area contributed by atoms with Crippen molar-refractivity contribution in [3.63, 3.8) is 0 Å². The summed E-state index contributed by atoms with van der Waals surface area (Å²) in [5.41, 5.74) is 3.25. The topological polar surface area (TPSA) is 75.3 Å². The number of aryl methyl sites for hydroxylation is 1. The van der Waals surface area contributed by atoms with Gasteiger partial charge >= 0.3 is 0 Å². The van der Waals surface area contributed by atoms with Crippen LogP contribution in [-0.2, 0) is 20.6 Å². The van der Waals surface area contributed by atoms with E-state index in [1.54, 1.807) is 24.3 Å². The van der Waals surface area contributed by atoms with Crippen molar-refractivity contribution in [1.82, 2.24) is 0 Å². The number of sulfonamides is 1. The second-order valence-corrected chi connectivity index (χ2v) is 10.2. The molecule has 0 heterocycles. The zero-order valence-corrected chi connectivity index (χ0v) is 19.5. The third kappa shape index (κ3) is 6.62. The van der Waals surface area contributed by atoms with Gasteiger partial charge in [0.25, 0.3) is 10.0 Å². The lowest BCUT2D eigenvalue weighted by atomic mass is 10.2. The standard InChI is InChI=1S/C22H21BrN2O3S2/c1-16-2-8-20(9-3-16)25-30(27,28)21-12-10-19(11-13-21)24-22(26)15-29-14-17-4-6-18(23)7-5-17/h2-13,25H,14-15H2,1H3,(H,24,26). The van der Waals surface area contributed by atoms with Gasteiger partial charge in [0.1, 0.15) is 0 Å². The molecule has 8 heteroatoms. The first kappa shape index (κ1) is 22.4. The molecule has 30 heavy (non-hydrogen) atoms. The van der Waals surface area contributed by atoms with E-state index in [1.807, 2.05) is 43.3 Å². The number of rotatable bonds is 8. The van der Waals surface area contributed by atoms with Crippen LogP contribution in [0.4, 0.5) is 11.4 Å². The molecule has 0 aliphatic rings. The van der Waals surface area contributed by atoms with E-state index in [0.29, 0.717) is 17.1 Å². The van der Waals surface area contributed by atoms with Gasteiger partial charge < -0.3 is 5.32 Å². The third-order valence-electron chi connectivity index (χ3n) is 4.17. The Hall–Kier alpha value is -2.29. The van der Waals surface area contributed by atoms with Gasteiger partial charge in [0, 0.05) is 21.6 Å². The van der Waals surface area contributed by atoms with Gasteiger partial charge in [-0.15, -0.1) is 11.8 Å². The summed E-state index contributed by atoms with van der Waals surface area (Å²) >= 11 is 4.91. The number of halogens is 1. The smallest absolute Gasteiger partial charge is 0.261 e. The average molecular weight is 505 g/mol. The number of hydrogen-bond acceptors (Lipinski definition) is 4. The summed E-state index contributed by atoms with van der Waals surface area (Å²) in [6, 6.07) is 21.2. The fraction of sp³-hybridized carbons (Fsp3) is 0.136. The monoisotopic (exact) mass is 504 g/mol. The summed E-state index contributed by atoms with van der Waals surface area (Å²) in [6.45, 7) is 1.94. The number of amides is 1. The van der Waals surface area contributed by atoms with Crippen LogP contribution < -0.4 is 10.0 Å². The zero-order valence-electron chi connectivity index (χ0n) is 16.3. The Morgan fingerprint density at radius 3 is 2.13 bits per heavy atom. The second kappa shape index (κ2) is 10.1. The molecular formula is C22H21BrN2O3S2. The molecule has 1 amide bonds. The minimum absolute atomic E-state index is 0.130. The van der Waals surface area contributed by atoms with Crippen molar-refractivity contribution < 1.29 is 13.2 Å². The molecule has 5 nitrogen and oxygen atoms in total.